The monoisotopic (exact) mass is 349 g/mol. The van der Waals surface area contributed by atoms with Gasteiger partial charge in [0.2, 0.25) is 0 Å². The molecule has 1 fully saturated rings. The maximum Gasteiger partial charge on any atom is 0.340 e. The van der Waals surface area contributed by atoms with Crippen LogP contribution in [0.25, 0.3) is 0 Å². The lowest BCUT2D eigenvalue weighted by atomic mass is 10.1. The molecule has 138 valence electrons. The molecule has 0 spiro atoms. The van der Waals surface area contributed by atoms with Crippen LogP contribution in [-0.4, -0.2) is 56.3 Å². The van der Waals surface area contributed by atoms with Crippen molar-refractivity contribution in [2.45, 2.75) is 45.3 Å². The molecular formula is C19H27NO5. The van der Waals surface area contributed by atoms with Crippen LogP contribution in [0.4, 0.5) is 0 Å². The number of hydrogen-bond acceptors (Lipinski definition) is 5. The van der Waals surface area contributed by atoms with Crippen LogP contribution in [0.15, 0.2) is 18.2 Å². The van der Waals surface area contributed by atoms with Gasteiger partial charge in [0.1, 0.15) is 5.75 Å². The average Bonchev–Trinajstić information content (AvgIpc) is 2.61. The summed E-state index contributed by atoms with van der Waals surface area (Å²) < 4.78 is 16.6. The van der Waals surface area contributed by atoms with E-state index in [9.17, 15) is 9.59 Å². The molecule has 1 saturated heterocycles. The first-order chi connectivity index (χ1) is 11.9. The lowest BCUT2D eigenvalue weighted by molar-refractivity contribution is -0.149. The van der Waals surface area contributed by atoms with Crippen LogP contribution >= 0.6 is 0 Å². The number of amides is 1. The quantitative estimate of drug-likeness (QED) is 0.583. The molecule has 2 rings (SSSR count). The molecule has 1 amide bonds. The minimum Gasteiger partial charge on any atom is -0.424 e. The molecule has 6 nitrogen and oxygen atoms in total. The summed E-state index contributed by atoms with van der Waals surface area (Å²) in [5, 5.41) is 0. The standard InChI is InChI=1S/C19H27NO5/c1-13-8-9-15(18(21)20(3)4)11-17(13)25-19(22)14(2)24-12-16-7-5-6-10-23-16/h8-9,11,14,16H,5-7,10,12H2,1-4H3. The van der Waals surface area contributed by atoms with Gasteiger partial charge >= 0.3 is 5.97 Å². The third-order valence-electron chi connectivity index (χ3n) is 4.19. The van der Waals surface area contributed by atoms with Gasteiger partial charge in [0.25, 0.3) is 5.91 Å². The molecule has 1 aliphatic heterocycles. The van der Waals surface area contributed by atoms with E-state index in [0.717, 1.165) is 31.4 Å². The second-order valence-corrected chi connectivity index (χ2v) is 6.57. The van der Waals surface area contributed by atoms with E-state index in [0.29, 0.717) is 17.9 Å². The number of rotatable bonds is 6. The molecule has 2 unspecified atom stereocenters. The summed E-state index contributed by atoms with van der Waals surface area (Å²) in [6.07, 6.45) is 2.51. The number of carbonyl (C=O) groups is 2. The van der Waals surface area contributed by atoms with Crippen molar-refractivity contribution in [3.8, 4) is 5.75 Å². The van der Waals surface area contributed by atoms with Crippen molar-refractivity contribution in [2.24, 2.45) is 0 Å². The van der Waals surface area contributed by atoms with E-state index in [4.69, 9.17) is 14.2 Å². The lowest BCUT2D eigenvalue weighted by Crippen LogP contribution is -2.32. The van der Waals surface area contributed by atoms with E-state index in [2.05, 4.69) is 0 Å². The summed E-state index contributed by atoms with van der Waals surface area (Å²) >= 11 is 0. The van der Waals surface area contributed by atoms with Gasteiger partial charge in [-0.25, -0.2) is 4.79 Å². The minimum absolute atomic E-state index is 0.0479. The highest BCUT2D eigenvalue weighted by Gasteiger charge is 2.21. The Hall–Kier alpha value is -1.92. The van der Waals surface area contributed by atoms with E-state index in [1.807, 2.05) is 6.92 Å². The van der Waals surface area contributed by atoms with Crippen molar-refractivity contribution >= 4 is 11.9 Å². The molecule has 1 heterocycles. The summed E-state index contributed by atoms with van der Waals surface area (Å²) in [6, 6.07) is 5.07. The summed E-state index contributed by atoms with van der Waals surface area (Å²) in [4.78, 5) is 25.8. The van der Waals surface area contributed by atoms with Crippen LogP contribution in [-0.2, 0) is 14.3 Å². The van der Waals surface area contributed by atoms with Gasteiger partial charge in [0.15, 0.2) is 6.10 Å². The molecule has 6 heteroatoms. The van der Waals surface area contributed by atoms with E-state index >= 15 is 0 Å². The Balaban J connectivity index is 1.94. The maximum atomic E-state index is 12.3. The van der Waals surface area contributed by atoms with Gasteiger partial charge in [-0.1, -0.05) is 6.07 Å². The van der Waals surface area contributed by atoms with Crippen LogP contribution in [0, 0.1) is 6.92 Å². The first-order valence-electron chi connectivity index (χ1n) is 8.65. The molecule has 0 saturated carbocycles. The first kappa shape index (κ1) is 19.4. The number of hydrogen-bond donors (Lipinski definition) is 0. The molecule has 2 atom stereocenters. The van der Waals surface area contributed by atoms with Gasteiger partial charge in [-0.2, -0.15) is 0 Å². The molecule has 1 aliphatic rings. The largest absolute Gasteiger partial charge is 0.424 e. The fourth-order valence-corrected chi connectivity index (χ4v) is 2.55. The molecule has 25 heavy (non-hydrogen) atoms. The third kappa shape index (κ3) is 5.54. The van der Waals surface area contributed by atoms with E-state index in [1.54, 1.807) is 39.2 Å². The van der Waals surface area contributed by atoms with Gasteiger partial charge in [-0.3, -0.25) is 4.79 Å². The van der Waals surface area contributed by atoms with Crippen molar-refractivity contribution in [2.75, 3.05) is 27.3 Å². The Morgan fingerprint density at radius 3 is 2.72 bits per heavy atom. The molecular weight excluding hydrogens is 322 g/mol. The van der Waals surface area contributed by atoms with Gasteiger partial charge < -0.3 is 19.1 Å². The van der Waals surface area contributed by atoms with E-state index in [-0.39, 0.29) is 12.0 Å². The number of benzene rings is 1. The van der Waals surface area contributed by atoms with Crippen LogP contribution in [0.1, 0.15) is 42.1 Å². The van der Waals surface area contributed by atoms with Crippen LogP contribution in [0.5, 0.6) is 5.75 Å². The van der Waals surface area contributed by atoms with Crippen LogP contribution < -0.4 is 4.74 Å². The number of esters is 1. The molecule has 0 aliphatic carbocycles. The van der Waals surface area contributed by atoms with Gasteiger partial charge in [-0.15, -0.1) is 0 Å². The van der Waals surface area contributed by atoms with Gasteiger partial charge in [0.05, 0.1) is 12.7 Å². The smallest absolute Gasteiger partial charge is 0.340 e. The Morgan fingerprint density at radius 1 is 1.32 bits per heavy atom. The Kier molecular flexibility index (Phi) is 6.96. The summed E-state index contributed by atoms with van der Waals surface area (Å²) in [5.74, 6) is -0.244. The Bertz CT molecular complexity index is 608. The topological polar surface area (TPSA) is 65.1 Å². The van der Waals surface area contributed by atoms with Crippen molar-refractivity contribution < 1.29 is 23.8 Å². The SMILES string of the molecule is Cc1ccc(C(=O)N(C)C)cc1OC(=O)C(C)OCC1CCCCO1. The Labute approximate surface area is 149 Å². The molecule has 0 N–H and O–H groups in total. The molecule has 1 aromatic carbocycles. The molecule has 0 radical (unpaired) electrons. The summed E-state index contributed by atoms with van der Waals surface area (Å²) in [6.45, 7) is 4.62. The molecule has 1 aromatic rings. The number of carbonyl (C=O) groups excluding carboxylic acids is 2. The lowest BCUT2D eigenvalue weighted by Gasteiger charge is -2.23. The van der Waals surface area contributed by atoms with Gasteiger partial charge in [-0.05, 0) is 50.8 Å². The van der Waals surface area contributed by atoms with E-state index < -0.39 is 12.1 Å². The normalized spacial score (nSPS) is 18.5. The summed E-state index contributed by atoms with van der Waals surface area (Å²) in [5.41, 5.74) is 1.26. The van der Waals surface area contributed by atoms with Crippen LogP contribution in [0.3, 0.4) is 0 Å². The highest BCUT2D eigenvalue weighted by Crippen LogP contribution is 2.21. The fourth-order valence-electron chi connectivity index (χ4n) is 2.55. The van der Waals surface area contributed by atoms with Crippen molar-refractivity contribution in [3.05, 3.63) is 29.3 Å². The number of nitrogens with zero attached hydrogens (tertiary/aromatic N) is 1. The molecule has 0 bridgehead atoms. The number of aryl methyl sites for hydroxylation is 1. The highest BCUT2D eigenvalue weighted by molar-refractivity contribution is 5.94. The Morgan fingerprint density at radius 2 is 2.08 bits per heavy atom. The van der Waals surface area contributed by atoms with Crippen molar-refractivity contribution in [1.29, 1.82) is 0 Å². The first-order valence-corrected chi connectivity index (χ1v) is 8.65. The average molecular weight is 349 g/mol. The van der Waals surface area contributed by atoms with Crippen molar-refractivity contribution in [3.63, 3.8) is 0 Å². The third-order valence-corrected chi connectivity index (χ3v) is 4.19. The summed E-state index contributed by atoms with van der Waals surface area (Å²) in [7, 11) is 3.36. The minimum atomic E-state index is -0.696. The molecule has 0 aromatic heterocycles. The second kappa shape index (κ2) is 8.97. The van der Waals surface area contributed by atoms with Crippen LogP contribution in [0.2, 0.25) is 0 Å². The van der Waals surface area contributed by atoms with Gasteiger partial charge in [0, 0.05) is 26.3 Å². The fraction of sp³-hybridized carbons (Fsp3) is 0.579. The zero-order chi connectivity index (χ0) is 18.4. The maximum absolute atomic E-state index is 12.3. The van der Waals surface area contributed by atoms with E-state index in [1.165, 1.54) is 4.90 Å². The highest BCUT2D eigenvalue weighted by atomic mass is 16.6. The predicted octanol–water partition coefficient (Wildman–Crippen LogP) is 2.58. The predicted molar refractivity (Wildman–Crippen MR) is 93.8 cm³/mol. The second-order valence-electron chi connectivity index (χ2n) is 6.57. The number of ether oxygens (including phenoxy) is 3. The van der Waals surface area contributed by atoms with Crippen molar-refractivity contribution in [1.82, 2.24) is 4.90 Å². The zero-order valence-corrected chi connectivity index (χ0v) is 15.4. The zero-order valence-electron chi connectivity index (χ0n) is 15.4.